The van der Waals surface area contributed by atoms with Gasteiger partial charge in [0, 0.05) is 11.1 Å². The standard InChI is InChI=1S/C28H24N2O4/c1-33-26-15-19(11-12-25(26)34-14-13-31)21-16-24(18-7-3-2-4-8-18)30-28-20-9-5-6-10-23(20)29-27(32)17-22(21)28/h2-12,15-16,31H,13-14,17H2,1H3,(H,29,32). The fraction of sp³-hybridized carbons (Fsp3) is 0.143. The minimum Gasteiger partial charge on any atom is -0.493 e. The van der Waals surface area contributed by atoms with E-state index in [4.69, 9.17) is 19.6 Å². The van der Waals surface area contributed by atoms with Crippen LogP contribution in [0.2, 0.25) is 0 Å². The molecular formula is C28H24N2O4. The van der Waals surface area contributed by atoms with Crippen LogP contribution in [0.3, 0.4) is 0 Å². The number of aliphatic hydroxyl groups is 1. The third-order valence-electron chi connectivity index (χ3n) is 5.81. The van der Waals surface area contributed by atoms with E-state index >= 15 is 0 Å². The maximum atomic E-state index is 12.8. The first-order chi connectivity index (χ1) is 16.7. The van der Waals surface area contributed by atoms with Crippen LogP contribution in [0, 0.1) is 0 Å². The zero-order valence-electron chi connectivity index (χ0n) is 18.7. The number of anilines is 1. The van der Waals surface area contributed by atoms with E-state index in [-0.39, 0.29) is 25.5 Å². The van der Waals surface area contributed by atoms with E-state index in [1.165, 1.54) is 0 Å². The van der Waals surface area contributed by atoms with Gasteiger partial charge in [-0.3, -0.25) is 4.79 Å². The summed E-state index contributed by atoms with van der Waals surface area (Å²) >= 11 is 0. The molecule has 4 aromatic rings. The van der Waals surface area contributed by atoms with Crippen LogP contribution in [-0.4, -0.2) is 36.3 Å². The lowest BCUT2D eigenvalue weighted by atomic mass is 9.92. The number of pyridine rings is 1. The highest BCUT2D eigenvalue weighted by molar-refractivity contribution is 6.02. The lowest BCUT2D eigenvalue weighted by Gasteiger charge is -2.17. The predicted molar refractivity (Wildman–Crippen MR) is 132 cm³/mol. The molecule has 0 saturated carbocycles. The fourth-order valence-electron chi connectivity index (χ4n) is 4.25. The highest BCUT2D eigenvalue weighted by Gasteiger charge is 2.24. The maximum Gasteiger partial charge on any atom is 0.228 e. The number of carbonyl (C=O) groups excluding carboxylic acids is 1. The lowest BCUT2D eigenvalue weighted by Crippen LogP contribution is -2.13. The van der Waals surface area contributed by atoms with Gasteiger partial charge in [0.25, 0.3) is 0 Å². The molecule has 3 aromatic carbocycles. The second-order valence-electron chi connectivity index (χ2n) is 7.96. The number of fused-ring (bicyclic) bond motifs is 3. The van der Waals surface area contributed by atoms with Crippen LogP contribution in [0.1, 0.15) is 5.56 Å². The van der Waals surface area contributed by atoms with E-state index in [2.05, 4.69) is 5.32 Å². The van der Waals surface area contributed by atoms with E-state index in [0.29, 0.717) is 11.5 Å². The van der Waals surface area contributed by atoms with E-state index < -0.39 is 0 Å². The summed E-state index contributed by atoms with van der Waals surface area (Å²) in [5.74, 6) is 1.01. The Labute approximate surface area is 197 Å². The van der Waals surface area contributed by atoms with Gasteiger partial charge >= 0.3 is 0 Å². The number of benzene rings is 3. The summed E-state index contributed by atoms with van der Waals surface area (Å²) in [5, 5.41) is 12.1. The summed E-state index contributed by atoms with van der Waals surface area (Å²) in [4.78, 5) is 17.9. The third kappa shape index (κ3) is 4.11. The number of hydrogen-bond donors (Lipinski definition) is 2. The Morgan fingerprint density at radius 2 is 1.71 bits per heavy atom. The van der Waals surface area contributed by atoms with Crippen LogP contribution in [-0.2, 0) is 11.2 Å². The van der Waals surface area contributed by atoms with Gasteiger partial charge in [-0.2, -0.15) is 0 Å². The van der Waals surface area contributed by atoms with Gasteiger partial charge in [-0.15, -0.1) is 0 Å². The van der Waals surface area contributed by atoms with Crippen molar-refractivity contribution in [3.8, 4) is 45.1 Å². The molecule has 1 amide bonds. The van der Waals surface area contributed by atoms with Crippen molar-refractivity contribution in [2.45, 2.75) is 6.42 Å². The van der Waals surface area contributed by atoms with Crippen molar-refractivity contribution in [3.05, 3.63) is 84.4 Å². The van der Waals surface area contributed by atoms with Crippen molar-refractivity contribution < 1.29 is 19.4 Å². The maximum absolute atomic E-state index is 12.8. The number of hydrogen-bond acceptors (Lipinski definition) is 5. The van der Waals surface area contributed by atoms with Gasteiger partial charge in [0.1, 0.15) is 6.61 Å². The molecule has 0 radical (unpaired) electrons. The quantitative estimate of drug-likeness (QED) is 0.432. The molecular weight excluding hydrogens is 428 g/mol. The Bertz CT molecular complexity index is 1350. The molecule has 0 aliphatic carbocycles. The predicted octanol–water partition coefficient (Wildman–Crippen LogP) is 4.96. The number of carbonyl (C=O) groups is 1. The molecule has 0 saturated heterocycles. The zero-order valence-corrected chi connectivity index (χ0v) is 18.7. The molecule has 0 spiro atoms. The fourth-order valence-corrected chi connectivity index (χ4v) is 4.25. The molecule has 170 valence electrons. The van der Waals surface area contributed by atoms with Crippen LogP contribution in [0.4, 0.5) is 5.69 Å². The first-order valence-electron chi connectivity index (χ1n) is 11.1. The van der Waals surface area contributed by atoms with Gasteiger partial charge in [0.2, 0.25) is 5.91 Å². The van der Waals surface area contributed by atoms with Gasteiger partial charge in [0.05, 0.1) is 37.2 Å². The number of nitrogens with one attached hydrogen (secondary N) is 1. The average Bonchev–Trinajstić information content (AvgIpc) is 3.02. The average molecular weight is 453 g/mol. The van der Waals surface area contributed by atoms with Crippen LogP contribution in [0.25, 0.3) is 33.6 Å². The number of ether oxygens (including phenoxy) is 2. The minimum absolute atomic E-state index is 0.0856. The summed E-state index contributed by atoms with van der Waals surface area (Å²) < 4.78 is 11.2. The molecule has 6 nitrogen and oxygen atoms in total. The van der Waals surface area contributed by atoms with Crippen LogP contribution in [0.5, 0.6) is 11.5 Å². The number of para-hydroxylation sites is 1. The molecule has 6 heteroatoms. The van der Waals surface area contributed by atoms with Crippen molar-refractivity contribution in [1.29, 1.82) is 0 Å². The summed E-state index contributed by atoms with van der Waals surface area (Å²) in [6.07, 6.45) is 0.201. The topological polar surface area (TPSA) is 80.7 Å². The minimum atomic E-state index is -0.0865. The number of amides is 1. The number of aromatic nitrogens is 1. The van der Waals surface area contributed by atoms with E-state index in [9.17, 15) is 4.79 Å². The first-order valence-corrected chi connectivity index (χ1v) is 11.1. The molecule has 1 aromatic heterocycles. The SMILES string of the molecule is COc1cc(-c2cc(-c3ccccc3)nc3c2CC(=O)Nc2ccccc2-3)ccc1OCCO. The Hall–Kier alpha value is -4.16. The number of rotatable bonds is 6. The number of methoxy groups -OCH3 is 1. The first kappa shape index (κ1) is 21.7. The van der Waals surface area contributed by atoms with Crippen LogP contribution in [0.15, 0.2) is 78.9 Å². The van der Waals surface area contributed by atoms with Gasteiger partial charge in [-0.05, 0) is 41.0 Å². The van der Waals surface area contributed by atoms with Crippen molar-refractivity contribution in [2.75, 3.05) is 25.6 Å². The molecule has 1 aliphatic heterocycles. The highest BCUT2D eigenvalue weighted by Crippen LogP contribution is 2.41. The Kier molecular flexibility index (Phi) is 5.97. The Balaban J connectivity index is 1.76. The van der Waals surface area contributed by atoms with E-state index in [1.807, 2.05) is 78.9 Å². The number of nitrogens with zero attached hydrogens (tertiary/aromatic N) is 1. The molecule has 0 bridgehead atoms. The second-order valence-corrected chi connectivity index (χ2v) is 7.96. The zero-order chi connectivity index (χ0) is 23.5. The summed E-state index contributed by atoms with van der Waals surface area (Å²) in [7, 11) is 1.58. The van der Waals surface area contributed by atoms with Crippen molar-refractivity contribution in [2.24, 2.45) is 0 Å². The van der Waals surface area contributed by atoms with Crippen molar-refractivity contribution >= 4 is 11.6 Å². The molecule has 0 unspecified atom stereocenters. The lowest BCUT2D eigenvalue weighted by molar-refractivity contribution is -0.115. The van der Waals surface area contributed by atoms with Crippen LogP contribution >= 0.6 is 0 Å². The molecule has 0 fully saturated rings. The second kappa shape index (κ2) is 9.37. The molecule has 1 aliphatic rings. The summed E-state index contributed by atoms with van der Waals surface area (Å²) in [5.41, 5.74) is 6.87. The van der Waals surface area contributed by atoms with Crippen molar-refractivity contribution in [3.63, 3.8) is 0 Å². The van der Waals surface area contributed by atoms with E-state index in [1.54, 1.807) is 7.11 Å². The molecule has 2 heterocycles. The molecule has 34 heavy (non-hydrogen) atoms. The molecule has 2 N–H and O–H groups in total. The summed E-state index contributed by atoms with van der Waals surface area (Å²) in [6.45, 7) is 0.0905. The van der Waals surface area contributed by atoms with Crippen molar-refractivity contribution in [1.82, 2.24) is 4.98 Å². The normalized spacial score (nSPS) is 12.2. The summed E-state index contributed by atoms with van der Waals surface area (Å²) in [6, 6.07) is 25.4. The van der Waals surface area contributed by atoms with Gasteiger partial charge in [-0.25, -0.2) is 4.98 Å². The number of aliphatic hydroxyl groups excluding tert-OH is 1. The van der Waals surface area contributed by atoms with E-state index in [0.717, 1.165) is 44.9 Å². The molecule has 5 rings (SSSR count). The highest BCUT2D eigenvalue weighted by atomic mass is 16.5. The smallest absolute Gasteiger partial charge is 0.228 e. The van der Waals surface area contributed by atoms with Crippen LogP contribution < -0.4 is 14.8 Å². The Morgan fingerprint density at radius 1 is 0.912 bits per heavy atom. The monoisotopic (exact) mass is 452 g/mol. The largest absolute Gasteiger partial charge is 0.493 e. The Morgan fingerprint density at radius 3 is 2.50 bits per heavy atom. The van der Waals surface area contributed by atoms with Gasteiger partial charge < -0.3 is 19.9 Å². The third-order valence-corrected chi connectivity index (χ3v) is 5.81. The van der Waals surface area contributed by atoms with Gasteiger partial charge in [-0.1, -0.05) is 54.6 Å². The molecule has 0 atom stereocenters. The van der Waals surface area contributed by atoms with Gasteiger partial charge in [0.15, 0.2) is 11.5 Å².